The molecule has 0 aliphatic heterocycles. The van der Waals surface area contributed by atoms with Crippen molar-refractivity contribution in [2.75, 3.05) is 7.05 Å². The number of aryl methyl sites for hydroxylation is 1. The van der Waals surface area contributed by atoms with E-state index in [1.807, 2.05) is 7.05 Å². The van der Waals surface area contributed by atoms with Gasteiger partial charge in [-0.25, -0.2) is 9.98 Å². The lowest BCUT2D eigenvalue weighted by Gasteiger charge is -1.92. The van der Waals surface area contributed by atoms with Gasteiger partial charge in [-0.05, 0) is 6.72 Å². The van der Waals surface area contributed by atoms with Gasteiger partial charge in [-0.2, -0.15) is 0 Å². The van der Waals surface area contributed by atoms with Crippen molar-refractivity contribution in [3.8, 4) is 0 Å². The summed E-state index contributed by atoms with van der Waals surface area (Å²) in [5, 5.41) is 0. The molecule has 1 aromatic rings. The molecule has 0 unspecified atom stereocenters. The highest BCUT2D eigenvalue weighted by Gasteiger charge is 2.02. The van der Waals surface area contributed by atoms with Gasteiger partial charge in [0, 0.05) is 14.1 Å². The van der Waals surface area contributed by atoms with Crippen LogP contribution in [0.15, 0.2) is 16.3 Å². The summed E-state index contributed by atoms with van der Waals surface area (Å²) in [7, 11) is 3.56. The van der Waals surface area contributed by atoms with Crippen LogP contribution in [-0.4, -0.2) is 29.5 Å². The molecule has 0 saturated heterocycles. The van der Waals surface area contributed by atoms with Crippen LogP contribution in [0.5, 0.6) is 0 Å². The van der Waals surface area contributed by atoms with Gasteiger partial charge in [0.2, 0.25) is 0 Å². The Kier molecular flexibility index (Phi) is 2.15. The summed E-state index contributed by atoms with van der Waals surface area (Å²) in [6.45, 7) is 3.43. The zero-order valence-electron chi connectivity index (χ0n) is 6.65. The van der Waals surface area contributed by atoms with E-state index in [1.54, 1.807) is 24.2 Å². The second kappa shape index (κ2) is 3.09. The maximum absolute atomic E-state index is 4.06. The fraction of sp³-hybridized carbons (Fsp3) is 0.286. The summed E-state index contributed by atoms with van der Waals surface area (Å²) in [4.78, 5) is 11.7. The summed E-state index contributed by atoms with van der Waals surface area (Å²) in [5.41, 5.74) is 0.755. The molecule has 58 valence electrons. The van der Waals surface area contributed by atoms with E-state index in [-0.39, 0.29) is 0 Å². The molecule has 1 heterocycles. The average molecular weight is 150 g/mol. The normalized spacial score (nSPS) is 10.7. The predicted octanol–water partition coefficient (Wildman–Crippen LogP) is 0.801. The van der Waals surface area contributed by atoms with E-state index >= 15 is 0 Å². The molecular weight excluding hydrogens is 140 g/mol. The molecular formula is C7H10N4. The Morgan fingerprint density at radius 1 is 1.73 bits per heavy atom. The largest absolute Gasteiger partial charge is 0.318 e. The third-order valence-corrected chi connectivity index (χ3v) is 1.33. The first-order valence-electron chi connectivity index (χ1n) is 3.19. The molecule has 4 heteroatoms. The van der Waals surface area contributed by atoms with Crippen LogP contribution in [-0.2, 0) is 7.05 Å². The van der Waals surface area contributed by atoms with Crippen LogP contribution >= 0.6 is 0 Å². The van der Waals surface area contributed by atoms with Gasteiger partial charge >= 0.3 is 0 Å². The van der Waals surface area contributed by atoms with Gasteiger partial charge in [-0.1, -0.05) is 0 Å². The highest BCUT2D eigenvalue weighted by Crippen LogP contribution is 2.13. The Balaban J connectivity index is 3.15. The third-order valence-electron chi connectivity index (χ3n) is 1.33. The fourth-order valence-corrected chi connectivity index (χ4v) is 0.848. The highest BCUT2D eigenvalue weighted by molar-refractivity contribution is 5.83. The maximum atomic E-state index is 4.06. The minimum Gasteiger partial charge on any atom is -0.318 e. The first kappa shape index (κ1) is 7.65. The standard InChI is InChI=1S/C7H10N4/c1-8-4-6-7(9-2)11(3)5-10-6/h4-5H,2H2,1,3H3. The van der Waals surface area contributed by atoms with Crippen LogP contribution in [0.25, 0.3) is 0 Å². The minimum atomic E-state index is 0.746. The van der Waals surface area contributed by atoms with Crippen molar-refractivity contribution in [3.63, 3.8) is 0 Å². The molecule has 1 rings (SSSR count). The molecule has 11 heavy (non-hydrogen) atoms. The van der Waals surface area contributed by atoms with E-state index in [0.29, 0.717) is 0 Å². The van der Waals surface area contributed by atoms with Crippen molar-refractivity contribution >= 4 is 18.7 Å². The minimum absolute atomic E-state index is 0.746. The molecule has 0 fully saturated rings. The van der Waals surface area contributed by atoms with Gasteiger partial charge in [0.05, 0.1) is 12.5 Å². The van der Waals surface area contributed by atoms with Crippen LogP contribution in [0.2, 0.25) is 0 Å². The lowest BCUT2D eigenvalue weighted by atomic mass is 10.5. The first-order valence-corrected chi connectivity index (χ1v) is 3.19. The van der Waals surface area contributed by atoms with Gasteiger partial charge in [0.25, 0.3) is 0 Å². The summed E-state index contributed by atoms with van der Waals surface area (Å²) >= 11 is 0. The van der Waals surface area contributed by atoms with Gasteiger partial charge in [0.15, 0.2) is 5.82 Å². The monoisotopic (exact) mass is 150 g/mol. The fourth-order valence-electron chi connectivity index (χ4n) is 0.848. The van der Waals surface area contributed by atoms with E-state index in [1.165, 1.54) is 0 Å². The summed E-state index contributed by atoms with van der Waals surface area (Å²) < 4.78 is 1.80. The first-order chi connectivity index (χ1) is 5.29. The summed E-state index contributed by atoms with van der Waals surface area (Å²) in [6, 6.07) is 0. The molecule has 0 radical (unpaired) electrons. The van der Waals surface area contributed by atoms with Crippen molar-refractivity contribution in [2.45, 2.75) is 0 Å². The Hall–Kier alpha value is -1.45. The molecule has 0 aliphatic rings. The molecule has 0 amide bonds. The second-order valence-corrected chi connectivity index (χ2v) is 2.11. The number of hydrogen-bond donors (Lipinski definition) is 0. The third kappa shape index (κ3) is 1.34. The van der Waals surface area contributed by atoms with E-state index in [9.17, 15) is 0 Å². The number of hydrogen-bond acceptors (Lipinski definition) is 3. The van der Waals surface area contributed by atoms with Crippen LogP contribution in [0.3, 0.4) is 0 Å². The van der Waals surface area contributed by atoms with Crippen LogP contribution in [0.1, 0.15) is 5.69 Å². The van der Waals surface area contributed by atoms with Crippen LogP contribution in [0.4, 0.5) is 5.82 Å². The molecule has 0 aromatic carbocycles. The summed E-state index contributed by atoms with van der Waals surface area (Å²) in [6.07, 6.45) is 3.34. The second-order valence-electron chi connectivity index (χ2n) is 2.11. The smallest absolute Gasteiger partial charge is 0.160 e. The summed E-state index contributed by atoms with van der Waals surface area (Å²) in [5.74, 6) is 0.746. The number of aliphatic imine (C=N–C) groups is 2. The zero-order chi connectivity index (χ0) is 8.27. The molecule has 0 spiro atoms. The van der Waals surface area contributed by atoms with Gasteiger partial charge < -0.3 is 4.57 Å². The van der Waals surface area contributed by atoms with Crippen LogP contribution in [0, 0.1) is 0 Å². The molecule has 1 aromatic heterocycles. The molecule has 0 N–H and O–H groups in total. The van der Waals surface area contributed by atoms with Crippen molar-refractivity contribution in [1.82, 2.24) is 9.55 Å². The molecule has 0 aliphatic carbocycles. The molecule has 0 saturated carbocycles. The maximum Gasteiger partial charge on any atom is 0.160 e. The molecule has 0 bridgehead atoms. The lowest BCUT2D eigenvalue weighted by Crippen LogP contribution is -1.84. The lowest BCUT2D eigenvalue weighted by molar-refractivity contribution is 0.913. The van der Waals surface area contributed by atoms with Crippen molar-refractivity contribution in [1.29, 1.82) is 0 Å². The van der Waals surface area contributed by atoms with E-state index < -0.39 is 0 Å². The van der Waals surface area contributed by atoms with E-state index in [2.05, 4.69) is 21.7 Å². The zero-order valence-corrected chi connectivity index (χ0v) is 6.65. The Morgan fingerprint density at radius 3 is 3.00 bits per heavy atom. The average Bonchev–Trinajstić information content (AvgIpc) is 2.33. The highest BCUT2D eigenvalue weighted by atomic mass is 15.1. The van der Waals surface area contributed by atoms with Gasteiger partial charge in [-0.15, -0.1) is 0 Å². The van der Waals surface area contributed by atoms with Crippen molar-refractivity contribution in [2.24, 2.45) is 17.0 Å². The number of imidazole rings is 1. The van der Waals surface area contributed by atoms with Gasteiger partial charge in [-0.3, -0.25) is 4.99 Å². The SMILES string of the molecule is C=Nc1c(C=NC)ncn1C. The molecule has 4 nitrogen and oxygen atoms in total. The Labute approximate surface area is 65.3 Å². The van der Waals surface area contributed by atoms with E-state index in [4.69, 9.17) is 0 Å². The number of nitrogens with zero attached hydrogens (tertiary/aromatic N) is 4. The quantitative estimate of drug-likeness (QED) is 0.575. The van der Waals surface area contributed by atoms with Crippen molar-refractivity contribution in [3.05, 3.63) is 12.0 Å². The molecule has 0 atom stereocenters. The number of aromatic nitrogens is 2. The van der Waals surface area contributed by atoms with Crippen LogP contribution < -0.4 is 0 Å². The Morgan fingerprint density at radius 2 is 2.45 bits per heavy atom. The van der Waals surface area contributed by atoms with Gasteiger partial charge in [0.1, 0.15) is 5.69 Å². The van der Waals surface area contributed by atoms with E-state index in [0.717, 1.165) is 11.5 Å². The predicted molar refractivity (Wildman–Crippen MR) is 45.9 cm³/mol. The Bertz CT molecular complexity index is 285. The number of rotatable bonds is 2. The topological polar surface area (TPSA) is 42.5 Å². The van der Waals surface area contributed by atoms with Crippen molar-refractivity contribution < 1.29 is 0 Å².